The van der Waals surface area contributed by atoms with Crippen molar-refractivity contribution >= 4 is 34.1 Å². The van der Waals surface area contributed by atoms with Crippen LogP contribution in [0.4, 0.5) is 16.3 Å². The molecule has 9 nitrogen and oxygen atoms in total. The molecule has 0 fully saturated rings. The Kier molecular flexibility index (Phi) is 5.82. The number of fused-ring (bicyclic) bond motifs is 2. The molecule has 0 aliphatic rings. The second kappa shape index (κ2) is 9.22. The lowest BCUT2D eigenvalue weighted by atomic mass is 10.2. The molecule has 9 heteroatoms. The minimum Gasteiger partial charge on any atom is -0.434 e. The van der Waals surface area contributed by atoms with E-state index < -0.39 is 6.16 Å². The summed E-state index contributed by atoms with van der Waals surface area (Å²) in [5, 5.41) is 13.2. The third-order valence-corrected chi connectivity index (χ3v) is 5.53. The average Bonchev–Trinajstić information content (AvgIpc) is 3.40. The number of nitrogens with one attached hydrogen (secondary N) is 1. The zero-order chi connectivity index (χ0) is 23.5. The van der Waals surface area contributed by atoms with Gasteiger partial charge in [0.2, 0.25) is 0 Å². The van der Waals surface area contributed by atoms with Crippen molar-refractivity contribution in [1.29, 1.82) is 0 Å². The monoisotopic (exact) mass is 456 g/mol. The lowest BCUT2D eigenvalue weighted by molar-refractivity contribution is 0.104. The molecule has 2 aromatic carbocycles. The second-order valence-corrected chi connectivity index (χ2v) is 7.70. The smallest absolute Gasteiger partial charge is 0.434 e. The number of hydrogen-bond acceptors (Lipinski definition) is 7. The number of aryl methyl sites for hydroxylation is 1. The quantitative estimate of drug-likeness (QED) is 0.346. The predicted octanol–water partition coefficient (Wildman–Crippen LogP) is 4.97. The summed E-state index contributed by atoms with van der Waals surface area (Å²) in [5.74, 6) is 1.02. The first-order chi connectivity index (χ1) is 16.7. The van der Waals surface area contributed by atoms with Crippen molar-refractivity contribution in [3.63, 3.8) is 0 Å². The first kappa shape index (κ1) is 21.4. The Bertz CT molecular complexity index is 1460. The van der Waals surface area contributed by atoms with E-state index in [2.05, 4.69) is 32.6 Å². The zero-order valence-corrected chi connectivity index (χ0v) is 18.9. The molecule has 3 aromatic heterocycles. The van der Waals surface area contributed by atoms with Gasteiger partial charge in [-0.3, -0.25) is 4.68 Å². The summed E-state index contributed by atoms with van der Waals surface area (Å²) in [6.07, 6.45) is 4.86. The van der Waals surface area contributed by atoms with Crippen LogP contribution in [0.15, 0.2) is 67.3 Å². The van der Waals surface area contributed by atoms with Crippen molar-refractivity contribution in [1.82, 2.24) is 24.4 Å². The lowest BCUT2D eigenvalue weighted by Gasteiger charge is -2.09. The number of rotatable bonds is 7. The Labute approximate surface area is 195 Å². The molecule has 34 heavy (non-hydrogen) atoms. The minimum absolute atomic E-state index is 0.241. The van der Waals surface area contributed by atoms with Crippen LogP contribution in [0, 0.1) is 0 Å². The zero-order valence-electron chi connectivity index (χ0n) is 18.9. The molecule has 0 atom stereocenters. The van der Waals surface area contributed by atoms with Gasteiger partial charge in [0.15, 0.2) is 11.6 Å². The molecule has 0 unspecified atom stereocenters. The van der Waals surface area contributed by atoms with E-state index in [0.29, 0.717) is 24.5 Å². The maximum absolute atomic E-state index is 11.9. The molecule has 0 aliphatic heterocycles. The Balaban J connectivity index is 1.45. The molecule has 5 rings (SSSR count). The summed E-state index contributed by atoms with van der Waals surface area (Å²) >= 11 is 0. The molecule has 0 saturated carbocycles. The number of carbonyl (C=O) groups excluding carboxylic acids is 1. The van der Waals surface area contributed by atoms with Gasteiger partial charge in [-0.15, -0.1) is 0 Å². The Morgan fingerprint density at radius 2 is 1.94 bits per heavy atom. The van der Waals surface area contributed by atoms with Gasteiger partial charge in [-0.1, -0.05) is 37.3 Å². The number of benzene rings is 2. The fraction of sp³-hybridized carbons (Fsp3) is 0.200. The van der Waals surface area contributed by atoms with Crippen molar-refractivity contribution in [3.8, 4) is 5.75 Å². The molecule has 0 radical (unpaired) electrons. The molecular formula is C25H24N6O3. The standard InChI is InChI=1S/C25H24N6O3/c1-3-20-22(34-25(32)33-4-2)15-31-23(20)24(26-16-28-31)29-19-10-11-21-18(12-19)13-27-30(21)14-17-8-6-5-7-9-17/h5-13,15-16H,3-4,14H2,1-2H3,(H,26,28,29). The van der Waals surface area contributed by atoms with Crippen molar-refractivity contribution < 1.29 is 14.3 Å². The van der Waals surface area contributed by atoms with E-state index in [0.717, 1.165) is 27.7 Å². The summed E-state index contributed by atoms with van der Waals surface area (Å²) in [6.45, 7) is 4.66. The van der Waals surface area contributed by atoms with Crippen molar-refractivity contribution in [2.75, 3.05) is 11.9 Å². The first-order valence-corrected chi connectivity index (χ1v) is 11.1. The van der Waals surface area contributed by atoms with Gasteiger partial charge in [-0.2, -0.15) is 10.2 Å². The van der Waals surface area contributed by atoms with Crippen molar-refractivity contribution in [2.24, 2.45) is 0 Å². The number of aromatic nitrogens is 5. The van der Waals surface area contributed by atoms with Crippen LogP contribution < -0.4 is 10.1 Å². The minimum atomic E-state index is -0.742. The van der Waals surface area contributed by atoms with E-state index >= 15 is 0 Å². The summed E-state index contributed by atoms with van der Waals surface area (Å²) in [4.78, 5) is 16.3. The number of ether oxygens (including phenoxy) is 2. The van der Waals surface area contributed by atoms with Crippen molar-refractivity contribution in [3.05, 3.63) is 78.4 Å². The lowest BCUT2D eigenvalue weighted by Crippen LogP contribution is -2.10. The maximum atomic E-state index is 11.9. The van der Waals surface area contributed by atoms with Crippen LogP contribution >= 0.6 is 0 Å². The SMILES string of the molecule is CCOC(=O)Oc1cn2ncnc(Nc3ccc4c(cnn4Cc4ccccc4)c3)c2c1CC. The molecule has 0 amide bonds. The predicted molar refractivity (Wildman–Crippen MR) is 129 cm³/mol. The van der Waals surface area contributed by atoms with Gasteiger partial charge < -0.3 is 14.8 Å². The van der Waals surface area contributed by atoms with Crippen LogP contribution in [0.3, 0.4) is 0 Å². The van der Waals surface area contributed by atoms with E-state index in [1.54, 1.807) is 17.6 Å². The third kappa shape index (κ3) is 4.15. The molecule has 0 aliphatic carbocycles. The Morgan fingerprint density at radius 3 is 2.74 bits per heavy atom. The van der Waals surface area contributed by atoms with Crippen LogP contribution in [0.1, 0.15) is 25.0 Å². The van der Waals surface area contributed by atoms with Gasteiger partial charge in [0.1, 0.15) is 11.8 Å². The van der Waals surface area contributed by atoms with Gasteiger partial charge in [-0.25, -0.2) is 14.3 Å². The van der Waals surface area contributed by atoms with E-state index in [9.17, 15) is 4.79 Å². The number of anilines is 2. The highest BCUT2D eigenvalue weighted by Crippen LogP contribution is 2.32. The van der Waals surface area contributed by atoms with E-state index in [-0.39, 0.29) is 6.61 Å². The number of carbonyl (C=O) groups is 1. The van der Waals surface area contributed by atoms with Gasteiger partial charge in [0.05, 0.1) is 31.1 Å². The molecule has 3 heterocycles. The number of nitrogens with zero attached hydrogens (tertiary/aromatic N) is 5. The van der Waals surface area contributed by atoms with Crippen molar-refractivity contribution in [2.45, 2.75) is 26.8 Å². The summed E-state index contributed by atoms with van der Waals surface area (Å²) in [7, 11) is 0. The van der Waals surface area contributed by atoms with Crippen LogP contribution in [0.25, 0.3) is 16.4 Å². The third-order valence-electron chi connectivity index (χ3n) is 5.53. The summed E-state index contributed by atoms with van der Waals surface area (Å²) in [6, 6.07) is 16.3. The summed E-state index contributed by atoms with van der Waals surface area (Å²) < 4.78 is 13.9. The largest absolute Gasteiger partial charge is 0.513 e. The van der Waals surface area contributed by atoms with Gasteiger partial charge in [0.25, 0.3) is 0 Å². The normalized spacial score (nSPS) is 11.1. The van der Waals surface area contributed by atoms with E-state index in [1.165, 1.54) is 11.9 Å². The van der Waals surface area contributed by atoms with Crippen LogP contribution in [-0.2, 0) is 17.7 Å². The Morgan fingerprint density at radius 1 is 1.09 bits per heavy atom. The topological polar surface area (TPSA) is 95.6 Å². The second-order valence-electron chi connectivity index (χ2n) is 7.70. The maximum Gasteiger partial charge on any atom is 0.513 e. The highest BCUT2D eigenvalue weighted by molar-refractivity contribution is 5.86. The molecule has 5 aromatic rings. The molecular weight excluding hydrogens is 432 g/mol. The van der Waals surface area contributed by atoms with Gasteiger partial charge in [-0.05, 0) is 37.1 Å². The van der Waals surface area contributed by atoms with Crippen LogP contribution in [-0.4, -0.2) is 37.1 Å². The molecule has 172 valence electrons. The Hall–Kier alpha value is -4.40. The number of hydrogen-bond donors (Lipinski definition) is 1. The van der Waals surface area contributed by atoms with E-state index in [4.69, 9.17) is 9.47 Å². The fourth-order valence-electron chi connectivity index (χ4n) is 3.99. The molecule has 0 bridgehead atoms. The highest BCUT2D eigenvalue weighted by Gasteiger charge is 2.19. The van der Waals surface area contributed by atoms with Gasteiger partial charge >= 0.3 is 6.16 Å². The van der Waals surface area contributed by atoms with E-state index in [1.807, 2.05) is 54.2 Å². The van der Waals surface area contributed by atoms with Gasteiger partial charge in [0, 0.05) is 16.6 Å². The molecule has 1 N–H and O–H groups in total. The first-order valence-electron chi connectivity index (χ1n) is 11.1. The average molecular weight is 457 g/mol. The highest BCUT2D eigenvalue weighted by atomic mass is 16.7. The molecule has 0 spiro atoms. The van der Waals surface area contributed by atoms with Crippen LogP contribution in [0.2, 0.25) is 0 Å². The fourth-order valence-corrected chi connectivity index (χ4v) is 3.99. The van der Waals surface area contributed by atoms with Crippen LogP contribution in [0.5, 0.6) is 5.75 Å². The summed E-state index contributed by atoms with van der Waals surface area (Å²) in [5.41, 5.74) is 4.66. The molecule has 0 saturated heterocycles.